The Kier molecular flexibility index (Phi) is 9.66. The smallest absolute Gasteiger partial charge is 0.272 e. The first-order valence-corrected chi connectivity index (χ1v) is 13.7. The molecule has 196 valence electrons. The first-order valence-electron chi connectivity index (χ1n) is 12.0. The van der Waals surface area contributed by atoms with Crippen LogP contribution in [0.15, 0.2) is 118 Å². The minimum atomic E-state index is -0.465. The zero-order valence-corrected chi connectivity index (χ0v) is 23.3. The maximum absolute atomic E-state index is 13.2. The van der Waals surface area contributed by atoms with Gasteiger partial charge in [0, 0.05) is 38.7 Å². The van der Waals surface area contributed by atoms with Crippen LogP contribution >= 0.6 is 27.7 Å². The third kappa shape index (κ3) is 8.39. The van der Waals surface area contributed by atoms with Crippen LogP contribution in [0.5, 0.6) is 0 Å². The maximum Gasteiger partial charge on any atom is 0.272 e. The van der Waals surface area contributed by atoms with Crippen molar-refractivity contribution >= 4 is 62.9 Å². The van der Waals surface area contributed by atoms with Gasteiger partial charge in [0.15, 0.2) is 0 Å². The van der Waals surface area contributed by atoms with Crippen LogP contribution in [0.1, 0.15) is 22.8 Å². The van der Waals surface area contributed by atoms with Crippen molar-refractivity contribution in [3.05, 3.63) is 125 Å². The lowest BCUT2D eigenvalue weighted by Gasteiger charge is -2.13. The maximum atomic E-state index is 13.2. The molecule has 0 aliphatic heterocycles. The van der Waals surface area contributed by atoms with Crippen LogP contribution in [0.3, 0.4) is 0 Å². The molecule has 0 fully saturated rings. The Labute approximate surface area is 239 Å². The number of carbonyl (C=O) groups excluding carboxylic acids is 3. The predicted molar refractivity (Wildman–Crippen MR) is 159 cm³/mol. The molecular weight excluding hydrogens is 576 g/mol. The summed E-state index contributed by atoms with van der Waals surface area (Å²) in [7, 11) is 0. The van der Waals surface area contributed by atoms with E-state index in [1.54, 1.807) is 67.0 Å². The van der Waals surface area contributed by atoms with Gasteiger partial charge >= 0.3 is 0 Å². The predicted octanol–water partition coefficient (Wildman–Crippen LogP) is 6.37. The molecule has 4 rings (SSSR count). The molecule has 1 aromatic heterocycles. The van der Waals surface area contributed by atoms with Crippen molar-refractivity contribution in [1.82, 2.24) is 10.3 Å². The van der Waals surface area contributed by atoms with E-state index in [0.29, 0.717) is 16.9 Å². The van der Waals surface area contributed by atoms with Gasteiger partial charge in [-0.3, -0.25) is 19.4 Å². The van der Waals surface area contributed by atoms with E-state index < -0.39 is 5.91 Å². The van der Waals surface area contributed by atoms with Gasteiger partial charge in [-0.05, 0) is 79.2 Å². The van der Waals surface area contributed by atoms with Crippen molar-refractivity contribution in [1.29, 1.82) is 0 Å². The largest absolute Gasteiger partial charge is 0.325 e. The number of nitrogens with one attached hydrogen (secondary N) is 3. The van der Waals surface area contributed by atoms with Crippen molar-refractivity contribution in [3.63, 3.8) is 0 Å². The summed E-state index contributed by atoms with van der Waals surface area (Å²) < 4.78 is 0.904. The second-order valence-corrected chi connectivity index (χ2v) is 10.7. The molecule has 3 amide bonds. The molecule has 1 unspecified atom stereocenters. The van der Waals surface area contributed by atoms with Crippen LogP contribution in [0, 0.1) is 0 Å². The van der Waals surface area contributed by atoms with E-state index in [2.05, 4.69) is 36.9 Å². The zero-order chi connectivity index (χ0) is 27.6. The summed E-state index contributed by atoms with van der Waals surface area (Å²) in [6.45, 7) is 1.82. The number of amides is 3. The molecule has 0 aliphatic rings. The molecule has 1 heterocycles. The minimum absolute atomic E-state index is 0.103. The van der Waals surface area contributed by atoms with E-state index in [9.17, 15) is 14.4 Å². The fourth-order valence-electron chi connectivity index (χ4n) is 3.42. The number of halogens is 1. The number of hydrogen-bond donors (Lipinski definition) is 3. The Bertz CT molecular complexity index is 1460. The molecular formula is C30H25BrN4O3S. The van der Waals surface area contributed by atoms with Crippen LogP contribution in [-0.2, 0) is 9.59 Å². The lowest BCUT2D eigenvalue weighted by Crippen LogP contribution is -2.30. The van der Waals surface area contributed by atoms with Gasteiger partial charge in [-0.1, -0.05) is 46.3 Å². The average Bonchev–Trinajstić information content (AvgIpc) is 2.95. The molecule has 1 atom stereocenters. The average molecular weight is 602 g/mol. The van der Waals surface area contributed by atoms with E-state index in [1.165, 1.54) is 11.8 Å². The zero-order valence-electron chi connectivity index (χ0n) is 20.9. The molecule has 0 saturated heterocycles. The highest BCUT2D eigenvalue weighted by Gasteiger charge is 2.17. The molecule has 0 radical (unpaired) electrons. The molecule has 0 aliphatic carbocycles. The Morgan fingerprint density at radius 3 is 2.13 bits per heavy atom. The van der Waals surface area contributed by atoms with Crippen LogP contribution in [0.25, 0.3) is 6.08 Å². The summed E-state index contributed by atoms with van der Waals surface area (Å²) in [5, 5.41) is 8.09. The summed E-state index contributed by atoms with van der Waals surface area (Å²) in [5.41, 5.74) is 2.53. The lowest BCUT2D eigenvalue weighted by atomic mass is 10.1. The van der Waals surface area contributed by atoms with Crippen molar-refractivity contribution in [3.8, 4) is 0 Å². The number of aromatic nitrogens is 1. The fraction of sp³-hybridized carbons (Fsp3) is 0.0667. The van der Waals surface area contributed by atoms with Crippen LogP contribution in [-0.4, -0.2) is 28.0 Å². The van der Waals surface area contributed by atoms with Gasteiger partial charge in [-0.15, -0.1) is 11.8 Å². The number of thioether (sulfide) groups is 1. The summed E-state index contributed by atoms with van der Waals surface area (Å²) in [5.74, 6) is -0.979. The molecule has 0 spiro atoms. The molecule has 0 bridgehead atoms. The first kappa shape index (κ1) is 27.8. The summed E-state index contributed by atoms with van der Waals surface area (Å²) in [6, 6.07) is 26.7. The van der Waals surface area contributed by atoms with E-state index in [1.807, 2.05) is 49.4 Å². The van der Waals surface area contributed by atoms with E-state index in [4.69, 9.17) is 0 Å². The Morgan fingerprint density at radius 1 is 0.821 bits per heavy atom. The standard InChI is InChI=1S/C30H25BrN4O3S/c1-20(28(36)33-25-15-17-32-18-16-25)39-26-13-11-24(12-14-26)34-30(38)27(19-21-7-9-23(31)10-8-21)35-29(37)22-5-3-2-4-6-22/h2-20H,1H3,(H,34,38)(H,35,37)(H,32,33,36)/b27-19-. The van der Waals surface area contributed by atoms with Gasteiger partial charge in [0.2, 0.25) is 5.91 Å². The highest BCUT2D eigenvalue weighted by atomic mass is 79.9. The van der Waals surface area contributed by atoms with E-state index in [-0.39, 0.29) is 22.8 Å². The Morgan fingerprint density at radius 2 is 1.46 bits per heavy atom. The van der Waals surface area contributed by atoms with E-state index in [0.717, 1.165) is 14.9 Å². The third-order valence-electron chi connectivity index (χ3n) is 5.45. The molecule has 39 heavy (non-hydrogen) atoms. The third-order valence-corrected chi connectivity index (χ3v) is 7.09. The van der Waals surface area contributed by atoms with Gasteiger partial charge in [-0.2, -0.15) is 0 Å². The molecule has 7 nitrogen and oxygen atoms in total. The topological polar surface area (TPSA) is 100 Å². The summed E-state index contributed by atoms with van der Waals surface area (Å²) in [4.78, 5) is 43.3. The minimum Gasteiger partial charge on any atom is -0.325 e. The number of carbonyl (C=O) groups is 3. The number of nitrogens with zero attached hydrogens (tertiary/aromatic N) is 1. The van der Waals surface area contributed by atoms with Crippen molar-refractivity contribution in [2.24, 2.45) is 0 Å². The summed E-state index contributed by atoms with van der Waals surface area (Å²) in [6.07, 6.45) is 4.86. The second kappa shape index (κ2) is 13.5. The lowest BCUT2D eigenvalue weighted by molar-refractivity contribution is -0.115. The van der Waals surface area contributed by atoms with Crippen LogP contribution in [0.2, 0.25) is 0 Å². The fourth-order valence-corrected chi connectivity index (χ4v) is 4.55. The quantitative estimate of drug-likeness (QED) is 0.153. The van der Waals surface area contributed by atoms with Gasteiger partial charge in [0.1, 0.15) is 5.70 Å². The second-order valence-electron chi connectivity index (χ2n) is 8.39. The molecule has 0 saturated carbocycles. The molecule has 3 aromatic carbocycles. The van der Waals surface area contributed by atoms with Crippen LogP contribution in [0.4, 0.5) is 11.4 Å². The van der Waals surface area contributed by atoms with Gasteiger partial charge in [0.05, 0.1) is 5.25 Å². The number of rotatable bonds is 9. The van der Waals surface area contributed by atoms with Gasteiger partial charge in [0.25, 0.3) is 11.8 Å². The van der Waals surface area contributed by atoms with Gasteiger partial charge in [-0.25, -0.2) is 0 Å². The van der Waals surface area contributed by atoms with Crippen molar-refractivity contribution in [2.75, 3.05) is 10.6 Å². The molecule has 4 aromatic rings. The highest BCUT2D eigenvalue weighted by molar-refractivity contribution is 9.10. The monoisotopic (exact) mass is 600 g/mol. The highest BCUT2D eigenvalue weighted by Crippen LogP contribution is 2.26. The number of hydrogen-bond acceptors (Lipinski definition) is 5. The normalized spacial score (nSPS) is 11.8. The molecule has 3 N–H and O–H groups in total. The van der Waals surface area contributed by atoms with Crippen molar-refractivity contribution < 1.29 is 14.4 Å². The van der Waals surface area contributed by atoms with E-state index >= 15 is 0 Å². The first-order chi connectivity index (χ1) is 18.9. The Balaban J connectivity index is 1.43. The summed E-state index contributed by atoms with van der Waals surface area (Å²) >= 11 is 4.80. The SMILES string of the molecule is CC(Sc1ccc(NC(=O)/C(=C/c2ccc(Br)cc2)NC(=O)c2ccccc2)cc1)C(=O)Nc1ccncc1. The number of benzene rings is 3. The number of pyridine rings is 1. The Hall–Kier alpha value is -4.21. The van der Waals surface area contributed by atoms with Crippen molar-refractivity contribution in [2.45, 2.75) is 17.1 Å². The van der Waals surface area contributed by atoms with Crippen LogP contribution < -0.4 is 16.0 Å². The molecule has 9 heteroatoms. The number of anilines is 2. The van der Waals surface area contributed by atoms with Gasteiger partial charge < -0.3 is 16.0 Å².